The van der Waals surface area contributed by atoms with Crippen molar-refractivity contribution in [3.05, 3.63) is 26.7 Å². The minimum Gasteiger partial charge on any atom is -0.343 e. The summed E-state index contributed by atoms with van der Waals surface area (Å²) in [5.74, 6) is 0. The average molecular weight is 974 g/mol. The molecule has 0 atom stereocenters. The van der Waals surface area contributed by atoms with Gasteiger partial charge in [0.15, 0.2) is 0 Å². The Balaban J connectivity index is 0.000000844. The second-order valence-corrected chi connectivity index (χ2v) is 21.9. The van der Waals surface area contributed by atoms with Crippen LogP contribution < -0.4 is 0 Å². The predicted molar refractivity (Wildman–Crippen MR) is 240 cm³/mol. The topological polar surface area (TPSA) is 0 Å². The third-order valence-electron chi connectivity index (χ3n) is 12.9. The van der Waals surface area contributed by atoms with Gasteiger partial charge in [0, 0.05) is 29.2 Å². The van der Waals surface area contributed by atoms with Crippen LogP contribution in [0, 0.1) is 55.9 Å². The molecule has 4 rings (SSSR count). The van der Waals surface area contributed by atoms with E-state index in [1.54, 1.807) is 31.8 Å². The van der Waals surface area contributed by atoms with Crippen molar-refractivity contribution in [3.63, 3.8) is 0 Å². The van der Waals surface area contributed by atoms with Gasteiger partial charge in [0.1, 0.15) is 0 Å². The summed E-state index contributed by atoms with van der Waals surface area (Å²) in [6.45, 7) is 13.1. The van der Waals surface area contributed by atoms with Crippen molar-refractivity contribution in [2.75, 3.05) is 12.3 Å². The zero-order valence-electron chi connectivity index (χ0n) is 36.3. The SMILES string of the molecule is [CH-]1CCCCC1.[CH-]1CCCCC1.[CH2-]CCCCCCCCCCC.[CH2-]C[P+](CCCCCCCCCCCC)(C1CCCCC1)C1CCCCC1.[Pu]. The van der Waals surface area contributed by atoms with Crippen molar-refractivity contribution >= 4 is 7.26 Å². The molecule has 52 heavy (non-hydrogen) atoms. The minimum absolute atomic E-state index is 0. The number of hydrogen-bond acceptors (Lipinski definition) is 0. The molecule has 0 unspecified atom stereocenters. The second-order valence-electron chi connectivity index (χ2n) is 17.4. The normalized spacial score (nSPS) is 18.5. The fraction of sp³-hybridized carbons (Fsp3) is 0.920. The fourth-order valence-electron chi connectivity index (χ4n) is 9.51. The monoisotopic (exact) mass is 968 g/mol. The van der Waals surface area contributed by atoms with Crippen LogP contribution in [0.2, 0.25) is 0 Å². The van der Waals surface area contributed by atoms with Gasteiger partial charge >= 0.3 is 0 Å². The predicted octanol–water partition coefficient (Wildman–Crippen LogP) is 18.5. The Morgan fingerprint density at radius 2 is 0.712 bits per heavy atom. The molecule has 4 aliphatic rings. The van der Waals surface area contributed by atoms with Gasteiger partial charge in [-0.15, -0.1) is 0 Å². The molecule has 0 amide bonds. The Kier molecular flexibility index (Phi) is 43.2. The van der Waals surface area contributed by atoms with Crippen molar-refractivity contribution in [2.24, 2.45) is 0 Å². The Morgan fingerprint density at radius 3 is 0.981 bits per heavy atom. The largest absolute Gasteiger partial charge is 0.343 e. The summed E-state index contributed by atoms with van der Waals surface area (Å²) in [5, 5.41) is 0. The second kappa shape index (κ2) is 42.0. The van der Waals surface area contributed by atoms with Crippen LogP contribution in [0.5, 0.6) is 0 Å². The van der Waals surface area contributed by atoms with Gasteiger partial charge in [-0.05, 0) is 71.5 Å². The molecule has 0 heterocycles. The summed E-state index contributed by atoms with van der Waals surface area (Å²) in [6.07, 6.45) is 66.0. The molecular formula is C50H98PPu-3. The quantitative estimate of drug-likeness (QED) is 0.0544. The molecule has 0 saturated heterocycles. The van der Waals surface area contributed by atoms with Crippen LogP contribution >= 0.6 is 7.26 Å². The molecule has 312 valence electrons. The summed E-state index contributed by atoms with van der Waals surface area (Å²) in [5.41, 5.74) is 2.23. The Morgan fingerprint density at radius 1 is 0.404 bits per heavy atom. The van der Waals surface area contributed by atoms with E-state index in [1.807, 2.05) is 0 Å². The molecule has 0 N–H and O–H groups in total. The Labute approximate surface area is 355 Å². The average Bonchev–Trinajstić information content (AvgIpc) is 3.21. The van der Waals surface area contributed by atoms with Crippen LogP contribution in [-0.4, -0.2) is 23.6 Å². The number of unbranched alkanes of at least 4 members (excludes halogenated alkanes) is 18. The maximum absolute atomic E-state index is 4.62. The van der Waals surface area contributed by atoms with Crippen LogP contribution in [0.4, 0.5) is 0 Å². The first kappa shape index (κ1) is 53.4. The zero-order valence-corrected chi connectivity index (χ0v) is 40.6. The molecule has 4 fully saturated rings. The third kappa shape index (κ3) is 29.6. The van der Waals surface area contributed by atoms with Gasteiger partial charge < -0.3 is 26.7 Å². The third-order valence-corrected chi connectivity index (χ3v) is 18.9. The summed E-state index contributed by atoms with van der Waals surface area (Å²) >= 11 is 0. The van der Waals surface area contributed by atoms with Crippen LogP contribution in [-0.2, 0) is 0 Å². The van der Waals surface area contributed by atoms with Crippen LogP contribution in [0.3, 0.4) is 0 Å². The minimum atomic E-state index is -0.813. The maximum Gasteiger partial charge on any atom is 0.0675 e. The van der Waals surface area contributed by atoms with Crippen molar-refractivity contribution < 1.29 is 29.2 Å². The molecule has 2 heteroatoms. The van der Waals surface area contributed by atoms with Gasteiger partial charge in [-0.3, -0.25) is 0 Å². The van der Waals surface area contributed by atoms with E-state index >= 15 is 0 Å². The van der Waals surface area contributed by atoms with Gasteiger partial charge in [0.2, 0.25) is 0 Å². The Hall–Kier alpha value is 1.42. The molecule has 0 nitrogen and oxygen atoms in total. The van der Waals surface area contributed by atoms with Gasteiger partial charge in [0.05, 0.1) is 17.5 Å². The summed E-state index contributed by atoms with van der Waals surface area (Å²) in [7, 11) is -0.813. The van der Waals surface area contributed by atoms with Crippen LogP contribution in [0.1, 0.15) is 271 Å². The smallest absolute Gasteiger partial charge is 0.0675 e. The number of rotatable bonds is 23. The van der Waals surface area contributed by atoms with Gasteiger partial charge in [0.25, 0.3) is 0 Å². The van der Waals surface area contributed by atoms with E-state index in [1.165, 1.54) is 231 Å². The standard InChI is InChI=1S/C26H51P.C12H25.2C6H11.Pu/c1-3-5-6-7-8-9-10-11-12-19-24-27(4-2,25-20-15-13-16-21-25)26-22-17-14-18-23-26;1-3-5-7-9-11-12-10-8-6-4-2;2*1-2-4-6-5-3-1;/h25-26H,2-24H2,1H3;1,3-12H2,2H3;2*1H,2-6H2;/q;3*-1;. The van der Waals surface area contributed by atoms with Crippen molar-refractivity contribution in [1.29, 1.82) is 0 Å². The molecule has 4 aliphatic carbocycles. The molecule has 0 aromatic heterocycles. The molecule has 0 aromatic carbocycles. The Bertz CT molecular complexity index is 580. The van der Waals surface area contributed by atoms with E-state index in [2.05, 4.69) is 40.5 Å². The molecule has 0 bridgehead atoms. The van der Waals surface area contributed by atoms with Crippen molar-refractivity contribution in [3.8, 4) is 0 Å². The summed E-state index contributed by atoms with van der Waals surface area (Å²) < 4.78 is 0. The molecule has 0 radical (unpaired) electrons. The molecule has 4 saturated carbocycles. The number of hydrogen-bond donors (Lipinski definition) is 0. The van der Waals surface area contributed by atoms with E-state index in [-0.39, 0.29) is 29.2 Å². The first-order chi connectivity index (χ1) is 25.2. The van der Waals surface area contributed by atoms with E-state index in [0.717, 1.165) is 17.7 Å². The summed E-state index contributed by atoms with van der Waals surface area (Å²) in [4.78, 5) is 0. The molecule has 0 spiro atoms. The molecule has 0 aliphatic heterocycles. The fourth-order valence-corrected chi connectivity index (χ4v) is 15.4. The van der Waals surface area contributed by atoms with Crippen LogP contribution in [0.25, 0.3) is 0 Å². The van der Waals surface area contributed by atoms with Crippen molar-refractivity contribution in [2.45, 2.75) is 282 Å². The van der Waals surface area contributed by atoms with Gasteiger partial charge in [-0.2, -0.15) is 32.1 Å². The molecule has 0 aromatic rings. The van der Waals surface area contributed by atoms with Gasteiger partial charge in [-0.1, -0.05) is 181 Å². The first-order valence-electron chi connectivity index (χ1n) is 24.3. The summed E-state index contributed by atoms with van der Waals surface area (Å²) in [6, 6.07) is 0. The maximum atomic E-state index is 4.62. The van der Waals surface area contributed by atoms with E-state index in [9.17, 15) is 0 Å². The van der Waals surface area contributed by atoms with Crippen molar-refractivity contribution in [1.82, 2.24) is 0 Å². The zero-order chi connectivity index (χ0) is 36.8. The van der Waals surface area contributed by atoms with Gasteiger partial charge in [-0.25, -0.2) is 0 Å². The van der Waals surface area contributed by atoms with E-state index < -0.39 is 7.26 Å². The molecular weight excluding hydrogens is 876 g/mol. The van der Waals surface area contributed by atoms with E-state index in [0.29, 0.717) is 0 Å². The van der Waals surface area contributed by atoms with Crippen LogP contribution in [0.15, 0.2) is 0 Å². The van der Waals surface area contributed by atoms with E-state index in [4.69, 9.17) is 0 Å². The first-order valence-corrected chi connectivity index (χ1v) is 26.6.